The van der Waals surface area contributed by atoms with Gasteiger partial charge in [0.05, 0.1) is 0 Å². The Hall–Kier alpha value is -2.06. The summed E-state index contributed by atoms with van der Waals surface area (Å²) in [6.45, 7) is 4.02. The minimum Gasteiger partial charge on any atom is -0.458 e. The average molecular weight is 252 g/mol. The zero-order valence-electron chi connectivity index (χ0n) is 11.1. The number of furan rings is 1. The molecule has 96 valence electrons. The molecule has 0 saturated heterocycles. The quantitative estimate of drug-likeness (QED) is 0.744. The van der Waals surface area contributed by atoms with Gasteiger partial charge in [0.15, 0.2) is 0 Å². The van der Waals surface area contributed by atoms with Crippen molar-refractivity contribution in [3.8, 4) is 0 Å². The summed E-state index contributed by atoms with van der Waals surface area (Å²) >= 11 is 0. The number of aryl methyl sites for hydroxylation is 2. The van der Waals surface area contributed by atoms with Crippen molar-refractivity contribution in [1.82, 2.24) is 0 Å². The lowest BCUT2D eigenvalue weighted by Gasteiger charge is -2.08. The Labute approximate surface area is 112 Å². The molecule has 0 bridgehead atoms. The minimum absolute atomic E-state index is 0.593. The fourth-order valence-electron chi connectivity index (χ4n) is 2.37. The lowest BCUT2D eigenvalue weighted by molar-refractivity contribution is 0.192. The first-order chi connectivity index (χ1) is 9.15. The number of benzene rings is 2. The zero-order chi connectivity index (χ0) is 13.4. The van der Waals surface area contributed by atoms with Gasteiger partial charge in [-0.05, 0) is 31.0 Å². The number of hydrogen-bond acceptors (Lipinski definition) is 2. The number of para-hydroxylation sites is 1. The van der Waals surface area contributed by atoms with E-state index in [1.54, 1.807) is 0 Å². The second kappa shape index (κ2) is 4.56. The minimum atomic E-state index is -0.716. The normalized spacial score (nSPS) is 12.8. The van der Waals surface area contributed by atoms with Crippen molar-refractivity contribution in [1.29, 1.82) is 0 Å². The maximum absolute atomic E-state index is 10.4. The molecule has 3 rings (SSSR count). The molecule has 1 atom stereocenters. The van der Waals surface area contributed by atoms with Gasteiger partial charge in [-0.25, -0.2) is 0 Å². The van der Waals surface area contributed by atoms with Gasteiger partial charge in [-0.1, -0.05) is 48.0 Å². The molecule has 1 heterocycles. The van der Waals surface area contributed by atoms with Crippen LogP contribution in [0.15, 0.2) is 52.9 Å². The van der Waals surface area contributed by atoms with Gasteiger partial charge in [-0.3, -0.25) is 0 Å². The van der Waals surface area contributed by atoms with E-state index >= 15 is 0 Å². The van der Waals surface area contributed by atoms with Crippen molar-refractivity contribution in [3.05, 3.63) is 71.0 Å². The summed E-state index contributed by atoms with van der Waals surface area (Å²) in [6.07, 6.45) is -0.716. The highest BCUT2D eigenvalue weighted by atomic mass is 16.4. The number of fused-ring (bicyclic) bond motifs is 1. The molecule has 0 spiro atoms. The summed E-state index contributed by atoms with van der Waals surface area (Å²) in [7, 11) is 0. The highest BCUT2D eigenvalue weighted by Crippen LogP contribution is 2.29. The Morgan fingerprint density at radius 2 is 1.79 bits per heavy atom. The first-order valence-electron chi connectivity index (χ1n) is 6.39. The van der Waals surface area contributed by atoms with E-state index in [0.29, 0.717) is 5.76 Å². The van der Waals surface area contributed by atoms with E-state index in [1.165, 1.54) is 0 Å². The molecule has 0 amide bonds. The summed E-state index contributed by atoms with van der Waals surface area (Å²) < 4.78 is 5.80. The Morgan fingerprint density at radius 3 is 2.53 bits per heavy atom. The zero-order valence-corrected chi connectivity index (χ0v) is 11.1. The van der Waals surface area contributed by atoms with E-state index in [2.05, 4.69) is 0 Å². The fraction of sp³-hybridized carbons (Fsp3) is 0.176. The van der Waals surface area contributed by atoms with E-state index in [4.69, 9.17) is 4.42 Å². The number of hydrogen-bond donors (Lipinski definition) is 1. The predicted octanol–water partition coefficient (Wildman–Crippen LogP) is 4.13. The van der Waals surface area contributed by atoms with Crippen LogP contribution in [0.4, 0.5) is 0 Å². The van der Waals surface area contributed by atoms with Gasteiger partial charge in [0, 0.05) is 5.39 Å². The van der Waals surface area contributed by atoms with Crippen molar-refractivity contribution in [2.75, 3.05) is 0 Å². The third-order valence-electron chi connectivity index (χ3n) is 3.39. The van der Waals surface area contributed by atoms with Crippen LogP contribution >= 0.6 is 0 Å². The maximum atomic E-state index is 10.4. The molecule has 0 fully saturated rings. The standard InChI is InChI=1S/C17H16O2/c1-11-5-3-7-13(9-11)16(18)15-10-14-8-4-6-12(2)17(14)19-15/h3-10,16,18H,1-2H3. The second-order valence-electron chi connectivity index (χ2n) is 4.96. The lowest BCUT2D eigenvalue weighted by atomic mass is 10.0. The Kier molecular flexibility index (Phi) is 2.88. The van der Waals surface area contributed by atoms with Crippen LogP contribution in [0, 0.1) is 13.8 Å². The van der Waals surface area contributed by atoms with Gasteiger partial charge in [0.2, 0.25) is 0 Å². The van der Waals surface area contributed by atoms with E-state index in [-0.39, 0.29) is 0 Å². The molecule has 2 nitrogen and oxygen atoms in total. The van der Waals surface area contributed by atoms with Crippen LogP contribution in [0.25, 0.3) is 11.0 Å². The summed E-state index contributed by atoms with van der Waals surface area (Å²) in [5.74, 6) is 0.593. The molecule has 0 aliphatic heterocycles. The molecule has 2 heteroatoms. The third kappa shape index (κ3) is 2.15. The van der Waals surface area contributed by atoms with Crippen molar-refractivity contribution in [2.45, 2.75) is 20.0 Å². The summed E-state index contributed by atoms with van der Waals surface area (Å²) in [6, 6.07) is 15.8. The highest BCUT2D eigenvalue weighted by Gasteiger charge is 2.16. The summed E-state index contributed by atoms with van der Waals surface area (Å²) in [4.78, 5) is 0. The lowest BCUT2D eigenvalue weighted by Crippen LogP contribution is -1.97. The molecule has 0 saturated carbocycles. The molecule has 19 heavy (non-hydrogen) atoms. The molecule has 1 aromatic heterocycles. The van der Waals surface area contributed by atoms with E-state index in [9.17, 15) is 5.11 Å². The van der Waals surface area contributed by atoms with Crippen molar-refractivity contribution >= 4 is 11.0 Å². The highest BCUT2D eigenvalue weighted by molar-refractivity contribution is 5.81. The van der Waals surface area contributed by atoms with E-state index in [0.717, 1.165) is 27.7 Å². The second-order valence-corrected chi connectivity index (χ2v) is 4.96. The Bertz CT molecular complexity index is 725. The monoisotopic (exact) mass is 252 g/mol. The molecule has 0 aliphatic carbocycles. The topological polar surface area (TPSA) is 33.4 Å². The SMILES string of the molecule is Cc1cccc(C(O)c2cc3cccc(C)c3o2)c1. The van der Waals surface area contributed by atoms with Gasteiger partial charge in [-0.15, -0.1) is 0 Å². The Morgan fingerprint density at radius 1 is 1.00 bits per heavy atom. The van der Waals surface area contributed by atoms with Crippen molar-refractivity contribution in [2.24, 2.45) is 0 Å². The molecule has 1 unspecified atom stereocenters. The van der Waals surface area contributed by atoms with Crippen LogP contribution in [-0.2, 0) is 0 Å². The number of aliphatic hydroxyl groups is 1. The van der Waals surface area contributed by atoms with Crippen LogP contribution in [-0.4, -0.2) is 5.11 Å². The van der Waals surface area contributed by atoms with Gasteiger partial charge in [-0.2, -0.15) is 0 Å². The van der Waals surface area contributed by atoms with Crippen LogP contribution in [0.1, 0.15) is 28.6 Å². The summed E-state index contributed by atoms with van der Waals surface area (Å²) in [5, 5.41) is 11.4. The molecule has 0 aliphatic rings. The van der Waals surface area contributed by atoms with Crippen molar-refractivity contribution in [3.63, 3.8) is 0 Å². The first kappa shape index (κ1) is 12.0. The van der Waals surface area contributed by atoms with Crippen molar-refractivity contribution < 1.29 is 9.52 Å². The molecule has 3 aromatic rings. The molecular weight excluding hydrogens is 236 g/mol. The first-order valence-corrected chi connectivity index (χ1v) is 6.39. The number of aliphatic hydroxyl groups excluding tert-OH is 1. The number of rotatable bonds is 2. The molecule has 0 radical (unpaired) electrons. The Balaban J connectivity index is 2.06. The van der Waals surface area contributed by atoms with Crippen LogP contribution in [0.3, 0.4) is 0 Å². The van der Waals surface area contributed by atoms with Crippen LogP contribution in [0.2, 0.25) is 0 Å². The average Bonchev–Trinajstić information content (AvgIpc) is 2.83. The third-order valence-corrected chi connectivity index (χ3v) is 3.39. The smallest absolute Gasteiger partial charge is 0.138 e. The predicted molar refractivity (Wildman–Crippen MR) is 76.2 cm³/mol. The van der Waals surface area contributed by atoms with Gasteiger partial charge < -0.3 is 9.52 Å². The van der Waals surface area contributed by atoms with Gasteiger partial charge in [0.25, 0.3) is 0 Å². The molecule has 2 aromatic carbocycles. The van der Waals surface area contributed by atoms with E-state index in [1.807, 2.05) is 62.4 Å². The largest absolute Gasteiger partial charge is 0.458 e. The van der Waals surface area contributed by atoms with Crippen LogP contribution in [0.5, 0.6) is 0 Å². The van der Waals surface area contributed by atoms with Gasteiger partial charge in [0.1, 0.15) is 17.4 Å². The molecular formula is C17H16O2. The maximum Gasteiger partial charge on any atom is 0.138 e. The van der Waals surface area contributed by atoms with Crippen LogP contribution < -0.4 is 0 Å². The van der Waals surface area contributed by atoms with E-state index < -0.39 is 6.10 Å². The fourth-order valence-corrected chi connectivity index (χ4v) is 2.37. The molecule has 1 N–H and O–H groups in total. The van der Waals surface area contributed by atoms with Gasteiger partial charge >= 0.3 is 0 Å². The summed E-state index contributed by atoms with van der Waals surface area (Å²) in [5.41, 5.74) is 3.92.